The Bertz CT molecular complexity index is 7.51. The first-order valence-electron chi connectivity index (χ1n) is 1.71. The van der Waals surface area contributed by atoms with Crippen LogP contribution in [0.1, 0.15) is 19.8 Å². The standard InChI is InChI=1S/C4H9.2K/c1-3-4-2;;/h1,3-4H2,2H3;;/q-1;;+1. The molecule has 2 heteroatoms. The molecule has 0 amide bonds. The Morgan fingerprint density at radius 1 is 1.50 bits per heavy atom. The number of hydrogen-bond donors (Lipinski definition) is 0. The van der Waals surface area contributed by atoms with Crippen LogP contribution in [-0.4, -0.2) is 51.4 Å². The molecule has 0 aliphatic carbocycles. The maximum absolute atomic E-state index is 3.60. The van der Waals surface area contributed by atoms with Crippen LogP contribution in [0.2, 0.25) is 0 Å². The van der Waals surface area contributed by atoms with Crippen LogP contribution in [0.25, 0.3) is 0 Å². The number of unbranched alkanes of at least 4 members (excludes halogenated alkanes) is 1. The van der Waals surface area contributed by atoms with Gasteiger partial charge in [-0.3, -0.25) is 0 Å². The molecule has 0 fully saturated rings. The van der Waals surface area contributed by atoms with E-state index in [0.717, 1.165) is 6.42 Å². The van der Waals surface area contributed by atoms with Crippen molar-refractivity contribution in [1.29, 1.82) is 0 Å². The van der Waals surface area contributed by atoms with E-state index in [1.165, 1.54) is 6.42 Å². The zero-order valence-electron chi connectivity index (χ0n) is 5.12. The number of hydrogen-bond acceptors (Lipinski definition) is 0. The largest absolute Gasteiger partial charge is 1.00 e. The van der Waals surface area contributed by atoms with Gasteiger partial charge < -0.3 is 6.92 Å². The summed E-state index contributed by atoms with van der Waals surface area (Å²) in [6.45, 7) is 5.72. The summed E-state index contributed by atoms with van der Waals surface area (Å²) in [5.74, 6) is 0. The monoisotopic (exact) mass is 135 g/mol. The Hall–Kier alpha value is 3.27. The fourth-order valence-corrected chi connectivity index (χ4v) is 0. The molecule has 0 aliphatic heterocycles. The average Bonchev–Trinajstić information content (AvgIpc) is 1.37. The Labute approximate surface area is 126 Å². The molecule has 0 nitrogen and oxygen atoms in total. The fraction of sp³-hybridized carbons (Fsp3) is 0.750. The summed E-state index contributed by atoms with van der Waals surface area (Å²) in [5, 5.41) is 0. The van der Waals surface area contributed by atoms with Crippen LogP contribution in [0.5, 0.6) is 0 Å². The molecule has 0 saturated heterocycles. The molecular formula is C4H9K2. The van der Waals surface area contributed by atoms with Crippen molar-refractivity contribution < 1.29 is 51.4 Å². The Morgan fingerprint density at radius 2 is 1.67 bits per heavy atom. The topological polar surface area (TPSA) is 0 Å². The molecule has 0 aromatic carbocycles. The minimum atomic E-state index is 0. The molecule has 0 heterocycles. The molecule has 0 aromatic heterocycles. The summed E-state index contributed by atoms with van der Waals surface area (Å²) in [4.78, 5) is 0. The van der Waals surface area contributed by atoms with Gasteiger partial charge in [-0.2, -0.15) is 6.42 Å². The normalized spacial score (nSPS) is 5.00. The van der Waals surface area contributed by atoms with E-state index in [4.69, 9.17) is 0 Å². The van der Waals surface area contributed by atoms with Crippen molar-refractivity contribution in [2.45, 2.75) is 19.8 Å². The minimum Gasteiger partial charge on any atom is -0.343 e. The first-order valence-corrected chi connectivity index (χ1v) is 1.71. The van der Waals surface area contributed by atoms with E-state index in [1.807, 2.05) is 0 Å². The summed E-state index contributed by atoms with van der Waals surface area (Å²) < 4.78 is 0. The van der Waals surface area contributed by atoms with Gasteiger partial charge in [0.25, 0.3) is 0 Å². The van der Waals surface area contributed by atoms with Crippen LogP contribution in [0, 0.1) is 6.92 Å². The van der Waals surface area contributed by atoms with Crippen LogP contribution in [0.15, 0.2) is 0 Å². The Morgan fingerprint density at radius 3 is 1.67 bits per heavy atom. The van der Waals surface area contributed by atoms with Crippen LogP contribution in [0.3, 0.4) is 0 Å². The van der Waals surface area contributed by atoms with Crippen LogP contribution in [0.4, 0.5) is 0 Å². The van der Waals surface area contributed by atoms with Crippen LogP contribution < -0.4 is 51.4 Å². The van der Waals surface area contributed by atoms with Gasteiger partial charge >= 0.3 is 51.4 Å². The SMILES string of the molecule is [CH2-]CCC.[K+].[K]. The molecular weight excluding hydrogens is 126 g/mol. The van der Waals surface area contributed by atoms with Gasteiger partial charge in [0.2, 0.25) is 0 Å². The maximum Gasteiger partial charge on any atom is 1.00 e. The first kappa shape index (κ1) is 16.1. The predicted octanol–water partition coefficient (Wildman–Crippen LogP) is -1.76. The van der Waals surface area contributed by atoms with Crippen LogP contribution in [-0.2, 0) is 0 Å². The first-order chi connectivity index (χ1) is 1.91. The third-order valence-corrected chi connectivity index (χ3v) is 0.354. The third kappa shape index (κ3) is 15.7. The van der Waals surface area contributed by atoms with Gasteiger partial charge in [0, 0.05) is 51.4 Å². The molecule has 0 unspecified atom stereocenters. The summed E-state index contributed by atoms with van der Waals surface area (Å²) in [6.07, 6.45) is 2.28. The van der Waals surface area contributed by atoms with Gasteiger partial charge in [0.05, 0.1) is 0 Å². The molecule has 0 aromatic rings. The summed E-state index contributed by atoms with van der Waals surface area (Å²) in [6, 6.07) is 0. The Balaban J connectivity index is -0.0000000450. The second-order valence-corrected chi connectivity index (χ2v) is 0.854. The van der Waals surface area contributed by atoms with Crippen molar-refractivity contribution in [3.63, 3.8) is 0 Å². The molecule has 0 spiro atoms. The van der Waals surface area contributed by atoms with E-state index in [0.29, 0.717) is 0 Å². The molecule has 6 heavy (non-hydrogen) atoms. The smallest absolute Gasteiger partial charge is 0.343 e. The quantitative estimate of drug-likeness (QED) is 0.295. The molecule has 0 rings (SSSR count). The Kier molecular flexibility index (Phi) is 42.3. The zero-order valence-corrected chi connectivity index (χ0v) is 11.4. The maximum atomic E-state index is 3.60. The zero-order chi connectivity index (χ0) is 3.41. The van der Waals surface area contributed by atoms with E-state index < -0.39 is 0 Å². The fourth-order valence-electron chi connectivity index (χ4n) is 0. The van der Waals surface area contributed by atoms with Gasteiger partial charge in [-0.15, -0.1) is 0 Å². The van der Waals surface area contributed by atoms with Gasteiger partial charge in [-0.1, -0.05) is 13.3 Å². The summed E-state index contributed by atoms with van der Waals surface area (Å²) in [5.41, 5.74) is 0. The van der Waals surface area contributed by atoms with E-state index in [-0.39, 0.29) is 103 Å². The summed E-state index contributed by atoms with van der Waals surface area (Å²) >= 11 is 0. The van der Waals surface area contributed by atoms with E-state index in [9.17, 15) is 0 Å². The van der Waals surface area contributed by atoms with Crippen LogP contribution >= 0.6 is 0 Å². The molecule has 0 saturated carbocycles. The van der Waals surface area contributed by atoms with Gasteiger partial charge in [0.1, 0.15) is 0 Å². The van der Waals surface area contributed by atoms with E-state index in [1.54, 1.807) is 0 Å². The van der Waals surface area contributed by atoms with Crippen molar-refractivity contribution in [3.05, 3.63) is 6.92 Å². The number of rotatable bonds is 1. The second-order valence-electron chi connectivity index (χ2n) is 0.854. The van der Waals surface area contributed by atoms with Crippen molar-refractivity contribution in [1.82, 2.24) is 0 Å². The average molecular weight is 135 g/mol. The molecule has 0 aliphatic rings. The van der Waals surface area contributed by atoms with Gasteiger partial charge in [-0.05, 0) is 0 Å². The predicted molar refractivity (Wildman–Crippen MR) is 26.0 cm³/mol. The molecule has 0 N–H and O–H groups in total. The van der Waals surface area contributed by atoms with Gasteiger partial charge in [-0.25, -0.2) is 0 Å². The third-order valence-electron chi connectivity index (χ3n) is 0.354. The van der Waals surface area contributed by atoms with Crippen molar-refractivity contribution in [2.24, 2.45) is 0 Å². The summed E-state index contributed by atoms with van der Waals surface area (Å²) in [7, 11) is 0. The van der Waals surface area contributed by atoms with E-state index in [2.05, 4.69) is 13.8 Å². The van der Waals surface area contributed by atoms with Crippen molar-refractivity contribution in [3.8, 4) is 0 Å². The molecule has 0 bridgehead atoms. The molecule has 1 radical (unpaired) electrons. The van der Waals surface area contributed by atoms with E-state index >= 15 is 0 Å². The minimum absolute atomic E-state index is 0. The van der Waals surface area contributed by atoms with Crippen molar-refractivity contribution in [2.75, 3.05) is 0 Å². The molecule has 27 valence electrons. The second kappa shape index (κ2) is 15.7. The molecule has 0 atom stereocenters. The van der Waals surface area contributed by atoms with Crippen molar-refractivity contribution >= 4 is 51.4 Å². The van der Waals surface area contributed by atoms with Gasteiger partial charge in [0.15, 0.2) is 0 Å².